The third-order valence-electron chi connectivity index (χ3n) is 6.11. The first-order valence-corrected chi connectivity index (χ1v) is 8.27. The zero-order valence-electron chi connectivity index (χ0n) is 14.0. The van der Waals surface area contributed by atoms with Crippen LogP contribution < -0.4 is 0 Å². The van der Waals surface area contributed by atoms with E-state index in [4.69, 9.17) is 0 Å². The van der Waals surface area contributed by atoms with Gasteiger partial charge < -0.3 is 5.11 Å². The number of rotatable bonds is 1. The van der Waals surface area contributed by atoms with E-state index < -0.39 is 0 Å². The second kappa shape index (κ2) is 4.71. The Morgan fingerprint density at radius 1 is 1.19 bits per heavy atom. The molecule has 1 nitrogen and oxygen atoms in total. The number of allylic oxidation sites excluding steroid dienone is 1. The summed E-state index contributed by atoms with van der Waals surface area (Å²) in [5, 5.41) is 10.4. The maximum atomic E-state index is 10.4. The number of fused-ring (bicyclic) bond motifs is 3. The van der Waals surface area contributed by atoms with Crippen LogP contribution in [0.5, 0.6) is 0 Å². The van der Waals surface area contributed by atoms with Gasteiger partial charge in [-0.2, -0.15) is 0 Å². The van der Waals surface area contributed by atoms with E-state index in [0.29, 0.717) is 11.8 Å². The average molecular weight is 284 g/mol. The van der Waals surface area contributed by atoms with Crippen molar-refractivity contribution < 1.29 is 5.11 Å². The van der Waals surface area contributed by atoms with Gasteiger partial charge in [0.2, 0.25) is 0 Å². The molecule has 1 fully saturated rings. The molecular weight excluding hydrogens is 256 g/mol. The first-order chi connectivity index (χ1) is 9.76. The molecule has 0 spiro atoms. The SMILES string of the molecule is CC(C)c1ccc2c(c1)C=C[C@H]1C(C)(C)[C@@H](O)CC[C@]21C. The standard InChI is InChI=1S/C20H28O/c1-13(2)14-6-8-16-15(12-14)7-9-17-19(3,4)18(21)10-11-20(16,17)5/h6-9,12-13,17-18,21H,10-11H2,1-5H3/t17-,18-,20+/m0/s1. The lowest BCUT2D eigenvalue weighted by Gasteiger charge is -2.54. The van der Waals surface area contributed by atoms with Crippen molar-refractivity contribution in [3.05, 3.63) is 41.0 Å². The van der Waals surface area contributed by atoms with Crippen LogP contribution in [0.4, 0.5) is 0 Å². The Bertz CT molecular complexity index is 582. The quantitative estimate of drug-likeness (QED) is 0.778. The fraction of sp³-hybridized carbons (Fsp3) is 0.600. The van der Waals surface area contributed by atoms with E-state index >= 15 is 0 Å². The molecule has 2 aliphatic carbocycles. The lowest BCUT2D eigenvalue weighted by Crippen LogP contribution is -2.52. The van der Waals surface area contributed by atoms with E-state index in [-0.39, 0.29) is 16.9 Å². The highest BCUT2D eigenvalue weighted by Gasteiger charge is 2.51. The molecule has 3 atom stereocenters. The summed E-state index contributed by atoms with van der Waals surface area (Å²) in [7, 11) is 0. The molecule has 1 aromatic carbocycles. The number of aliphatic hydroxyl groups excluding tert-OH is 1. The second-order valence-electron chi connectivity index (χ2n) is 8.13. The fourth-order valence-corrected chi connectivity index (χ4v) is 4.55. The van der Waals surface area contributed by atoms with Crippen molar-refractivity contribution in [2.45, 2.75) is 64.9 Å². The molecule has 114 valence electrons. The average Bonchev–Trinajstić information content (AvgIpc) is 2.43. The highest BCUT2D eigenvalue weighted by Crippen LogP contribution is 2.55. The molecule has 1 N–H and O–H groups in total. The van der Waals surface area contributed by atoms with E-state index in [9.17, 15) is 5.11 Å². The first kappa shape index (κ1) is 14.8. The molecule has 0 saturated heterocycles. The van der Waals surface area contributed by atoms with Crippen LogP contribution in [0.25, 0.3) is 6.08 Å². The van der Waals surface area contributed by atoms with Crippen molar-refractivity contribution in [2.75, 3.05) is 0 Å². The third kappa shape index (κ3) is 2.09. The molecule has 21 heavy (non-hydrogen) atoms. The van der Waals surface area contributed by atoms with Gasteiger partial charge in [-0.15, -0.1) is 0 Å². The van der Waals surface area contributed by atoms with Crippen molar-refractivity contribution in [1.29, 1.82) is 0 Å². The molecule has 0 aliphatic heterocycles. The van der Waals surface area contributed by atoms with Crippen LogP contribution >= 0.6 is 0 Å². The van der Waals surface area contributed by atoms with Crippen LogP contribution in [-0.4, -0.2) is 11.2 Å². The Hall–Kier alpha value is -1.08. The van der Waals surface area contributed by atoms with Gasteiger partial charge in [-0.1, -0.05) is 65.0 Å². The van der Waals surface area contributed by atoms with Gasteiger partial charge in [0.25, 0.3) is 0 Å². The molecule has 0 radical (unpaired) electrons. The Balaban J connectivity index is 2.10. The van der Waals surface area contributed by atoms with Crippen LogP contribution in [0.2, 0.25) is 0 Å². The minimum atomic E-state index is -0.197. The van der Waals surface area contributed by atoms with Gasteiger partial charge in [0.1, 0.15) is 0 Å². The first-order valence-electron chi connectivity index (χ1n) is 8.27. The lowest BCUT2D eigenvalue weighted by molar-refractivity contribution is -0.0482. The molecule has 0 amide bonds. The van der Waals surface area contributed by atoms with Gasteiger partial charge in [-0.25, -0.2) is 0 Å². The summed E-state index contributed by atoms with van der Waals surface area (Å²) in [6, 6.07) is 6.99. The molecule has 2 aliphatic rings. The number of hydrogen-bond acceptors (Lipinski definition) is 1. The molecule has 0 unspecified atom stereocenters. The zero-order chi connectivity index (χ0) is 15.4. The van der Waals surface area contributed by atoms with Crippen molar-refractivity contribution >= 4 is 6.08 Å². The van der Waals surface area contributed by atoms with Crippen LogP contribution in [0.3, 0.4) is 0 Å². The highest BCUT2D eigenvalue weighted by atomic mass is 16.3. The number of aliphatic hydroxyl groups is 1. The molecule has 1 aromatic rings. The number of benzene rings is 1. The molecular formula is C20H28O. The minimum absolute atomic E-state index is 0.0576. The highest BCUT2D eigenvalue weighted by molar-refractivity contribution is 5.62. The van der Waals surface area contributed by atoms with Crippen LogP contribution in [0, 0.1) is 11.3 Å². The van der Waals surface area contributed by atoms with E-state index in [1.165, 1.54) is 16.7 Å². The van der Waals surface area contributed by atoms with Crippen molar-refractivity contribution in [1.82, 2.24) is 0 Å². The summed E-state index contributed by atoms with van der Waals surface area (Å²) in [6.45, 7) is 11.3. The van der Waals surface area contributed by atoms with Crippen molar-refractivity contribution in [3.8, 4) is 0 Å². The Morgan fingerprint density at radius 3 is 2.57 bits per heavy atom. The zero-order valence-corrected chi connectivity index (χ0v) is 14.0. The van der Waals surface area contributed by atoms with Gasteiger partial charge in [0, 0.05) is 5.41 Å². The maximum Gasteiger partial charge on any atom is 0.0597 e. The van der Waals surface area contributed by atoms with Crippen LogP contribution in [-0.2, 0) is 5.41 Å². The summed E-state index contributed by atoms with van der Waals surface area (Å²) >= 11 is 0. The Labute approximate surface area is 129 Å². The normalized spacial score (nSPS) is 33.7. The second-order valence-corrected chi connectivity index (χ2v) is 8.13. The molecule has 0 aromatic heterocycles. The lowest BCUT2D eigenvalue weighted by atomic mass is 9.51. The van der Waals surface area contributed by atoms with E-state index in [2.05, 4.69) is 65.0 Å². The van der Waals surface area contributed by atoms with Gasteiger partial charge in [0.15, 0.2) is 0 Å². The summed E-state index contributed by atoms with van der Waals surface area (Å²) in [4.78, 5) is 0. The molecule has 0 heterocycles. The van der Waals surface area contributed by atoms with Gasteiger partial charge in [0.05, 0.1) is 6.10 Å². The molecule has 3 rings (SSSR count). The van der Waals surface area contributed by atoms with Crippen LogP contribution in [0.15, 0.2) is 24.3 Å². The minimum Gasteiger partial charge on any atom is -0.393 e. The largest absolute Gasteiger partial charge is 0.393 e. The van der Waals surface area contributed by atoms with E-state index in [1.807, 2.05) is 0 Å². The number of hydrogen-bond donors (Lipinski definition) is 1. The predicted octanol–water partition coefficient (Wildman–Crippen LogP) is 4.89. The maximum absolute atomic E-state index is 10.4. The smallest absolute Gasteiger partial charge is 0.0597 e. The van der Waals surface area contributed by atoms with Crippen molar-refractivity contribution in [2.24, 2.45) is 11.3 Å². The topological polar surface area (TPSA) is 20.2 Å². The summed E-state index contributed by atoms with van der Waals surface area (Å²) < 4.78 is 0. The van der Waals surface area contributed by atoms with E-state index in [1.54, 1.807) is 0 Å². The molecule has 1 saturated carbocycles. The summed E-state index contributed by atoms with van der Waals surface area (Å²) in [5.41, 5.74) is 4.36. The fourth-order valence-electron chi connectivity index (χ4n) is 4.55. The molecule has 0 bridgehead atoms. The summed E-state index contributed by atoms with van der Waals surface area (Å²) in [6.07, 6.45) is 6.42. The Kier molecular flexibility index (Phi) is 3.33. The van der Waals surface area contributed by atoms with Gasteiger partial charge in [-0.05, 0) is 46.8 Å². The third-order valence-corrected chi connectivity index (χ3v) is 6.11. The van der Waals surface area contributed by atoms with Crippen molar-refractivity contribution in [3.63, 3.8) is 0 Å². The van der Waals surface area contributed by atoms with E-state index in [0.717, 1.165) is 12.8 Å². The summed E-state index contributed by atoms with van der Waals surface area (Å²) in [5.74, 6) is 0.977. The van der Waals surface area contributed by atoms with Gasteiger partial charge >= 0.3 is 0 Å². The predicted molar refractivity (Wildman–Crippen MR) is 89.4 cm³/mol. The van der Waals surface area contributed by atoms with Gasteiger partial charge in [-0.3, -0.25) is 0 Å². The molecule has 1 heteroatoms. The Morgan fingerprint density at radius 2 is 1.90 bits per heavy atom. The monoisotopic (exact) mass is 284 g/mol. The van der Waals surface area contributed by atoms with Crippen LogP contribution in [0.1, 0.15) is 70.1 Å².